The van der Waals surface area contributed by atoms with Gasteiger partial charge in [-0.15, -0.1) is 0 Å². The van der Waals surface area contributed by atoms with Crippen molar-refractivity contribution in [3.63, 3.8) is 0 Å². The number of nitrogens with zero attached hydrogens (tertiary/aromatic N) is 4. The molecule has 0 bridgehead atoms. The van der Waals surface area contributed by atoms with Gasteiger partial charge in [-0.2, -0.15) is 5.10 Å². The lowest BCUT2D eigenvalue weighted by molar-refractivity contribution is 0.132. The maximum Gasteiger partial charge on any atom is 0.317 e. The molecule has 0 radical (unpaired) electrons. The van der Waals surface area contributed by atoms with E-state index in [1.165, 1.54) is 24.8 Å². The smallest absolute Gasteiger partial charge is 0.317 e. The number of aryl methyl sites for hydroxylation is 1. The maximum atomic E-state index is 12.3. The van der Waals surface area contributed by atoms with Crippen molar-refractivity contribution in [1.82, 2.24) is 24.9 Å². The van der Waals surface area contributed by atoms with Gasteiger partial charge in [-0.25, -0.2) is 4.79 Å². The molecule has 0 unspecified atom stereocenters. The van der Waals surface area contributed by atoms with E-state index in [9.17, 15) is 4.79 Å². The molecule has 0 spiro atoms. The fourth-order valence-corrected chi connectivity index (χ4v) is 3.43. The third-order valence-electron chi connectivity index (χ3n) is 4.76. The van der Waals surface area contributed by atoms with Crippen LogP contribution in [-0.4, -0.2) is 57.8 Å². The third-order valence-corrected chi connectivity index (χ3v) is 4.76. The summed E-state index contributed by atoms with van der Waals surface area (Å²) in [4.78, 5) is 16.7. The zero-order chi connectivity index (χ0) is 15.4. The zero-order valence-corrected chi connectivity index (χ0v) is 13.5. The molecule has 2 heterocycles. The van der Waals surface area contributed by atoms with Crippen molar-refractivity contribution in [2.45, 2.75) is 44.7 Å². The van der Waals surface area contributed by atoms with Gasteiger partial charge in [0, 0.05) is 57.6 Å². The summed E-state index contributed by atoms with van der Waals surface area (Å²) in [6, 6.07) is 0.530. The van der Waals surface area contributed by atoms with Crippen LogP contribution in [0.2, 0.25) is 0 Å². The molecule has 6 heteroatoms. The number of rotatable bonds is 3. The van der Waals surface area contributed by atoms with Gasteiger partial charge in [-0.1, -0.05) is 19.3 Å². The highest BCUT2D eigenvalue weighted by molar-refractivity contribution is 5.74. The molecule has 2 amide bonds. The van der Waals surface area contributed by atoms with Gasteiger partial charge in [0.05, 0.1) is 6.20 Å². The molecule has 2 fully saturated rings. The highest BCUT2D eigenvalue weighted by Gasteiger charge is 2.23. The van der Waals surface area contributed by atoms with E-state index >= 15 is 0 Å². The van der Waals surface area contributed by atoms with Crippen LogP contribution in [0, 0.1) is 0 Å². The van der Waals surface area contributed by atoms with E-state index < -0.39 is 0 Å². The Hall–Kier alpha value is -1.56. The first-order valence-electron chi connectivity index (χ1n) is 8.46. The quantitative estimate of drug-likeness (QED) is 0.922. The van der Waals surface area contributed by atoms with Crippen molar-refractivity contribution in [2.75, 3.05) is 26.2 Å². The summed E-state index contributed by atoms with van der Waals surface area (Å²) in [5.41, 5.74) is 1.24. The molecule has 2 aliphatic rings. The summed E-state index contributed by atoms with van der Waals surface area (Å²) in [6.07, 6.45) is 10.1. The van der Waals surface area contributed by atoms with E-state index in [-0.39, 0.29) is 6.03 Å². The van der Waals surface area contributed by atoms with Crippen LogP contribution in [0.3, 0.4) is 0 Å². The maximum absolute atomic E-state index is 12.3. The molecule has 0 atom stereocenters. The van der Waals surface area contributed by atoms with Crippen molar-refractivity contribution < 1.29 is 4.79 Å². The molecule has 0 aromatic carbocycles. The molecule has 1 aliphatic heterocycles. The predicted octanol–water partition coefficient (Wildman–Crippen LogP) is 1.58. The molecule has 1 saturated heterocycles. The fourth-order valence-electron chi connectivity index (χ4n) is 3.43. The number of carbonyl (C=O) groups is 1. The first kappa shape index (κ1) is 15.3. The van der Waals surface area contributed by atoms with Crippen LogP contribution in [0.15, 0.2) is 12.4 Å². The zero-order valence-electron chi connectivity index (χ0n) is 13.5. The predicted molar refractivity (Wildman–Crippen MR) is 85.5 cm³/mol. The van der Waals surface area contributed by atoms with E-state index in [4.69, 9.17) is 0 Å². The van der Waals surface area contributed by atoms with E-state index in [1.54, 1.807) is 0 Å². The van der Waals surface area contributed by atoms with Gasteiger partial charge in [-0.3, -0.25) is 9.58 Å². The monoisotopic (exact) mass is 305 g/mol. The van der Waals surface area contributed by atoms with Crippen molar-refractivity contribution in [3.05, 3.63) is 18.0 Å². The normalized spacial score (nSPS) is 21.0. The second-order valence-electron chi connectivity index (χ2n) is 6.57. The van der Waals surface area contributed by atoms with Gasteiger partial charge in [0.1, 0.15) is 0 Å². The topological polar surface area (TPSA) is 53.4 Å². The molecule has 1 saturated carbocycles. The molecule has 1 aromatic rings. The Kier molecular flexibility index (Phi) is 4.97. The molecule has 1 aliphatic carbocycles. The Morgan fingerprint density at radius 2 is 1.95 bits per heavy atom. The second-order valence-corrected chi connectivity index (χ2v) is 6.57. The van der Waals surface area contributed by atoms with Crippen LogP contribution >= 0.6 is 0 Å². The van der Waals surface area contributed by atoms with Gasteiger partial charge in [-0.05, 0) is 12.8 Å². The molecule has 6 nitrogen and oxygen atoms in total. The summed E-state index contributed by atoms with van der Waals surface area (Å²) in [5.74, 6) is 0. The number of amides is 2. The number of piperazine rings is 1. The van der Waals surface area contributed by atoms with Gasteiger partial charge in [0.15, 0.2) is 0 Å². The van der Waals surface area contributed by atoms with Crippen molar-refractivity contribution in [2.24, 2.45) is 7.05 Å². The summed E-state index contributed by atoms with van der Waals surface area (Å²) >= 11 is 0. The van der Waals surface area contributed by atoms with Gasteiger partial charge < -0.3 is 10.2 Å². The Morgan fingerprint density at radius 1 is 1.23 bits per heavy atom. The number of hydrogen-bond donors (Lipinski definition) is 1. The van der Waals surface area contributed by atoms with Crippen LogP contribution in [0.5, 0.6) is 0 Å². The minimum Gasteiger partial charge on any atom is -0.335 e. The molecular formula is C16H27N5O. The molecule has 122 valence electrons. The van der Waals surface area contributed by atoms with E-state index in [2.05, 4.69) is 21.5 Å². The number of nitrogens with one attached hydrogen (secondary N) is 1. The van der Waals surface area contributed by atoms with Gasteiger partial charge >= 0.3 is 6.03 Å². The number of hydrogen-bond acceptors (Lipinski definition) is 3. The average molecular weight is 305 g/mol. The van der Waals surface area contributed by atoms with Crippen molar-refractivity contribution in [1.29, 1.82) is 0 Å². The van der Waals surface area contributed by atoms with Crippen LogP contribution in [-0.2, 0) is 13.6 Å². The minimum atomic E-state index is 0.132. The average Bonchev–Trinajstić information content (AvgIpc) is 2.94. The Bertz CT molecular complexity index is 486. The van der Waals surface area contributed by atoms with Gasteiger partial charge in [0.2, 0.25) is 0 Å². The number of aromatic nitrogens is 2. The van der Waals surface area contributed by atoms with E-state index in [0.29, 0.717) is 6.04 Å². The van der Waals surface area contributed by atoms with Crippen molar-refractivity contribution >= 4 is 6.03 Å². The lowest BCUT2D eigenvalue weighted by Crippen LogP contribution is -2.53. The molecule has 22 heavy (non-hydrogen) atoms. The minimum absolute atomic E-state index is 0.132. The summed E-state index contributed by atoms with van der Waals surface area (Å²) in [5, 5.41) is 7.42. The highest BCUT2D eigenvalue weighted by Crippen LogP contribution is 2.18. The summed E-state index contributed by atoms with van der Waals surface area (Å²) in [7, 11) is 1.94. The summed E-state index contributed by atoms with van der Waals surface area (Å²) < 4.78 is 1.84. The Balaban J connectivity index is 1.41. The van der Waals surface area contributed by atoms with Crippen LogP contribution in [0.1, 0.15) is 37.7 Å². The lowest BCUT2D eigenvalue weighted by Gasteiger charge is -2.35. The largest absolute Gasteiger partial charge is 0.335 e. The number of carbonyl (C=O) groups excluding carboxylic acids is 1. The highest BCUT2D eigenvalue weighted by atomic mass is 16.2. The van der Waals surface area contributed by atoms with Crippen LogP contribution in [0.25, 0.3) is 0 Å². The molecule has 1 N–H and O–H groups in total. The fraction of sp³-hybridized carbons (Fsp3) is 0.750. The molecule has 1 aromatic heterocycles. The van der Waals surface area contributed by atoms with Gasteiger partial charge in [0.25, 0.3) is 0 Å². The SMILES string of the molecule is Cn1cc(CN2CCN(C(=O)NC3CCCCC3)CC2)cn1. The standard InChI is InChI=1S/C16H27N5O/c1-19-12-14(11-17-19)13-20-7-9-21(10-8-20)16(22)18-15-5-3-2-4-6-15/h11-12,15H,2-10,13H2,1H3,(H,18,22). The third kappa shape index (κ3) is 4.00. The van der Waals surface area contributed by atoms with Crippen molar-refractivity contribution in [3.8, 4) is 0 Å². The number of urea groups is 1. The Labute approximate surface area is 132 Å². The van der Waals surface area contributed by atoms with E-state index in [1.807, 2.05) is 22.8 Å². The molecular weight excluding hydrogens is 278 g/mol. The molecule has 3 rings (SSSR count). The van der Waals surface area contributed by atoms with Crippen LogP contribution < -0.4 is 5.32 Å². The lowest BCUT2D eigenvalue weighted by atomic mass is 9.96. The first-order valence-corrected chi connectivity index (χ1v) is 8.46. The van der Waals surface area contributed by atoms with E-state index in [0.717, 1.165) is 45.6 Å². The van der Waals surface area contributed by atoms with Crippen LogP contribution in [0.4, 0.5) is 4.79 Å². The second kappa shape index (κ2) is 7.13. The summed E-state index contributed by atoms with van der Waals surface area (Å²) in [6.45, 7) is 4.43. The first-order chi connectivity index (χ1) is 10.7. The Morgan fingerprint density at radius 3 is 2.59 bits per heavy atom.